The Kier molecular flexibility index (Phi) is 8.27. The van der Waals surface area contributed by atoms with Gasteiger partial charge in [-0.1, -0.05) is 58.7 Å². The van der Waals surface area contributed by atoms with Gasteiger partial charge in [-0.15, -0.1) is 0 Å². The molecule has 220 valence electrons. The van der Waals surface area contributed by atoms with Crippen molar-refractivity contribution in [2.45, 2.75) is 43.0 Å². The molecule has 1 saturated carbocycles. The van der Waals surface area contributed by atoms with Crippen molar-refractivity contribution in [3.8, 4) is 0 Å². The molecule has 0 bridgehead atoms. The highest BCUT2D eigenvalue weighted by atomic mass is 79.9. The van der Waals surface area contributed by atoms with Gasteiger partial charge in [0.1, 0.15) is 11.8 Å². The van der Waals surface area contributed by atoms with Crippen molar-refractivity contribution in [2.75, 3.05) is 12.1 Å². The number of carbonyl (C=O) groups is 1. The summed E-state index contributed by atoms with van der Waals surface area (Å²) in [6.07, 6.45) is 7.40. The van der Waals surface area contributed by atoms with Crippen LogP contribution in [0.4, 0.5) is 5.13 Å². The summed E-state index contributed by atoms with van der Waals surface area (Å²) in [5.74, 6) is -0.538. The van der Waals surface area contributed by atoms with Crippen LogP contribution in [0.25, 0.3) is 21.2 Å². The van der Waals surface area contributed by atoms with E-state index < -0.39 is 15.9 Å². The molecule has 0 unspecified atom stereocenters. The second-order valence-corrected chi connectivity index (χ2v) is 14.2. The second-order valence-electron chi connectivity index (χ2n) is 10.3. The molecule has 0 atom stereocenters. The van der Waals surface area contributed by atoms with Crippen molar-refractivity contribution in [1.82, 2.24) is 9.29 Å². The summed E-state index contributed by atoms with van der Waals surface area (Å²) >= 11 is 4.72. The lowest BCUT2D eigenvalue weighted by atomic mass is 9.96. The Morgan fingerprint density at radius 2 is 1.81 bits per heavy atom. The minimum atomic E-state index is -3.72. The Morgan fingerprint density at radius 3 is 2.58 bits per heavy atom. The van der Waals surface area contributed by atoms with E-state index in [2.05, 4.69) is 26.0 Å². The molecule has 0 N–H and O–H groups in total. The Hall–Kier alpha value is -3.71. The molecule has 0 spiro atoms. The van der Waals surface area contributed by atoms with Crippen LogP contribution in [-0.2, 0) is 10.0 Å². The van der Waals surface area contributed by atoms with Crippen LogP contribution in [0.15, 0.2) is 96.7 Å². The molecule has 1 fully saturated rings. The average Bonchev–Trinajstić information content (AvgIpc) is 3.45. The number of thiazole rings is 1. The molecular formula is C31H27BrN4O5S2. The zero-order chi connectivity index (χ0) is 30.1. The molecule has 1 aliphatic carbocycles. The van der Waals surface area contributed by atoms with Crippen LogP contribution >= 0.6 is 27.3 Å². The van der Waals surface area contributed by atoms with Crippen LogP contribution in [0.1, 0.15) is 48.0 Å². The number of anilines is 1. The van der Waals surface area contributed by atoms with E-state index in [0.717, 1.165) is 46.3 Å². The van der Waals surface area contributed by atoms with E-state index in [0.29, 0.717) is 16.5 Å². The number of nitrogens with zero attached hydrogens (tertiary/aromatic N) is 4. The number of fused-ring (bicyclic) bond motifs is 2. The number of hydrazone groups is 1. The van der Waals surface area contributed by atoms with E-state index in [9.17, 15) is 18.0 Å². The second kappa shape index (κ2) is 12.1. The highest BCUT2D eigenvalue weighted by Crippen LogP contribution is 2.32. The molecule has 0 aliphatic heterocycles. The molecular weight excluding hydrogens is 652 g/mol. The molecule has 9 nitrogen and oxygen atoms in total. The van der Waals surface area contributed by atoms with Gasteiger partial charge in [-0.2, -0.15) is 14.4 Å². The highest BCUT2D eigenvalue weighted by Gasteiger charge is 2.29. The van der Waals surface area contributed by atoms with E-state index in [-0.39, 0.29) is 32.6 Å². The van der Waals surface area contributed by atoms with Crippen LogP contribution in [0, 0.1) is 0 Å². The zero-order valence-corrected chi connectivity index (χ0v) is 26.4. The summed E-state index contributed by atoms with van der Waals surface area (Å²) in [7, 11) is -2.10. The van der Waals surface area contributed by atoms with Crippen molar-refractivity contribution in [3.05, 3.63) is 98.8 Å². The number of halogens is 1. The number of para-hydroxylation sites is 1. The molecule has 1 amide bonds. The number of aromatic nitrogens is 1. The largest absolute Gasteiger partial charge is 0.463 e. The molecule has 12 heteroatoms. The highest BCUT2D eigenvalue weighted by molar-refractivity contribution is 9.10. The fourth-order valence-electron chi connectivity index (χ4n) is 5.17. The van der Waals surface area contributed by atoms with Gasteiger partial charge in [0, 0.05) is 23.1 Å². The number of carbonyl (C=O) groups excluding carboxylic acids is 1. The quantitative estimate of drug-likeness (QED) is 0.138. The van der Waals surface area contributed by atoms with Gasteiger partial charge in [-0.25, -0.2) is 13.4 Å². The molecule has 1 aliphatic rings. The number of hydrogen-bond acceptors (Lipinski definition) is 8. The first-order chi connectivity index (χ1) is 20.7. The van der Waals surface area contributed by atoms with Crippen LogP contribution in [0.3, 0.4) is 0 Å². The lowest BCUT2D eigenvalue weighted by Crippen LogP contribution is -2.38. The van der Waals surface area contributed by atoms with Crippen LogP contribution in [-0.4, -0.2) is 42.9 Å². The number of hydrogen-bond donors (Lipinski definition) is 0. The fourth-order valence-corrected chi connectivity index (χ4v) is 8.06. The van der Waals surface area contributed by atoms with E-state index in [1.807, 2.05) is 18.2 Å². The lowest BCUT2D eigenvalue weighted by molar-refractivity contribution is 0.0987. The number of benzene rings is 3. The standard InChI is InChI=1S/C31H27BrN4O5S2/c1-35(23-7-3-2-4-8-23)43(39,40)24-14-11-20(12-15-24)30(38)36(31-34-26-16-13-22(32)17-28(26)42-31)33-18-21-19-41-27-10-6-5-9-25(27)29(21)37/h5-6,9-19,23H,2-4,7-8H2,1H3/b33-18+. The Morgan fingerprint density at radius 1 is 1.07 bits per heavy atom. The van der Waals surface area contributed by atoms with Gasteiger partial charge in [-0.05, 0) is 67.4 Å². The third-order valence-corrected chi connectivity index (χ3v) is 11.0. The summed E-state index contributed by atoms with van der Waals surface area (Å²) in [5, 5.41) is 6.19. The SMILES string of the molecule is CN(C1CCCCC1)S(=O)(=O)c1ccc(C(=O)N(/N=C/c2coc3ccccc3c2=O)c2nc3ccc(Br)cc3s2)cc1. The van der Waals surface area contributed by atoms with Gasteiger partial charge in [0.2, 0.25) is 20.6 Å². The summed E-state index contributed by atoms with van der Waals surface area (Å²) in [5.41, 5.74) is 1.20. The number of amides is 1. The van der Waals surface area contributed by atoms with Gasteiger partial charge in [0.05, 0.1) is 32.3 Å². The van der Waals surface area contributed by atoms with E-state index in [4.69, 9.17) is 4.42 Å². The molecule has 3 aromatic carbocycles. The predicted octanol–water partition coefficient (Wildman–Crippen LogP) is 6.80. The average molecular weight is 680 g/mol. The topological polar surface area (TPSA) is 113 Å². The summed E-state index contributed by atoms with van der Waals surface area (Å²) < 4.78 is 35.4. The number of rotatable bonds is 7. The predicted molar refractivity (Wildman–Crippen MR) is 172 cm³/mol. The molecule has 2 aromatic heterocycles. The normalized spacial score (nSPS) is 14.7. The Balaban J connectivity index is 1.34. The Bertz CT molecular complexity index is 2020. The first-order valence-electron chi connectivity index (χ1n) is 13.8. The van der Waals surface area contributed by atoms with Crippen LogP contribution < -0.4 is 10.4 Å². The van der Waals surface area contributed by atoms with Gasteiger partial charge in [0.25, 0.3) is 5.91 Å². The molecule has 5 aromatic rings. The molecule has 0 radical (unpaired) electrons. The summed E-state index contributed by atoms with van der Waals surface area (Å²) in [6, 6.07) is 18.2. The maximum Gasteiger partial charge on any atom is 0.280 e. The Labute approximate surface area is 260 Å². The smallest absolute Gasteiger partial charge is 0.280 e. The van der Waals surface area contributed by atoms with E-state index in [1.165, 1.54) is 52.4 Å². The monoisotopic (exact) mass is 678 g/mol. The maximum absolute atomic E-state index is 13.9. The zero-order valence-electron chi connectivity index (χ0n) is 23.1. The van der Waals surface area contributed by atoms with E-state index >= 15 is 0 Å². The van der Waals surface area contributed by atoms with Gasteiger partial charge in [0.15, 0.2) is 0 Å². The van der Waals surface area contributed by atoms with Crippen molar-refractivity contribution < 1.29 is 17.6 Å². The molecule has 43 heavy (non-hydrogen) atoms. The van der Waals surface area contributed by atoms with Gasteiger partial charge >= 0.3 is 0 Å². The minimum absolute atomic E-state index is 0.0308. The van der Waals surface area contributed by atoms with Crippen molar-refractivity contribution in [3.63, 3.8) is 0 Å². The van der Waals surface area contributed by atoms with Crippen LogP contribution in [0.2, 0.25) is 0 Å². The van der Waals surface area contributed by atoms with Crippen molar-refractivity contribution in [1.29, 1.82) is 0 Å². The summed E-state index contributed by atoms with van der Waals surface area (Å²) in [4.78, 5) is 31.6. The van der Waals surface area contributed by atoms with Gasteiger partial charge in [-0.3, -0.25) is 9.59 Å². The van der Waals surface area contributed by atoms with Gasteiger partial charge < -0.3 is 4.42 Å². The summed E-state index contributed by atoms with van der Waals surface area (Å²) in [6.45, 7) is 0. The first kappa shape index (κ1) is 29.4. The minimum Gasteiger partial charge on any atom is -0.463 e. The third kappa shape index (κ3) is 5.92. The van der Waals surface area contributed by atoms with Crippen molar-refractivity contribution >= 4 is 75.7 Å². The lowest BCUT2D eigenvalue weighted by Gasteiger charge is -2.30. The molecule has 2 heterocycles. The molecule has 0 saturated heterocycles. The maximum atomic E-state index is 13.9. The molecule has 6 rings (SSSR count). The third-order valence-electron chi connectivity index (χ3n) is 7.60. The van der Waals surface area contributed by atoms with E-state index in [1.54, 1.807) is 31.3 Å². The van der Waals surface area contributed by atoms with Crippen molar-refractivity contribution in [2.24, 2.45) is 5.10 Å². The number of sulfonamides is 1. The fraction of sp³-hybridized carbons (Fsp3) is 0.226. The first-order valence-corrected chi connectivity index (χ1v) is 16.8. The van der Waals surface area contributed by atoms with Crippen LogP contribution in [0.5, 0.6) is 0 Å².